The summed E-state index contributed by atoms with van der Waals surface area (Å²) in [7, 11) is -0.969. The lowest BCUT2D eigenvalue weighted by atomic mass is 9.82. The van der Waals surface area contributed by atoms with Crippen LogP contribution in [-0.2, 0) is 31.3 Å². The number of fused-ring (bicyclic) bond motifs is 2. The Labute approximate surface area is 298 Å². The molecule has 4 aliphatic rings. The van der Waals surface area contributed by atoms with Crippen molar-refractivity contribution in [1.82, 2.24) is 4.90 Å². The number of likely N-dealkylation sites (tertiary alicyclic amines) is 1. The van der Waals surface area contributed by atoms with Gasteiger partial charge in [0.25, 0.3) is 11.6 Å². The third kappa shape index (κ3) is 5.71. The van der Waals surface area contributed by atoms with Gasteiger partial charge in [-0.15, -0.1) is 0 Å². The van der Waals surface area contributed by atoms with Crippen LogP contribution in [0.5, 0.6) is 5.75 Å². The van der Waals surface area contributed by atoms with Gasteiger partial charge in [-0.25, -0.2) is 0 Å². The van der Waals surface area contributed by atoms with Gasteiger partial charge in [-0.3, -0.25) is 24.5 Å². The number of hydrogen-bond donors (Lipinski definition) is 1. The van der Waals surface area contributed by atoms with Crippen LogP contribution in [0.4, 0.5) is 17.1 Å². The van der Waals surface area contributed by atoms with E-state index in [9.17, 15) is 24.8 Å². The Hall–Kier alpha value is -4.59. The van der Waals surface area contributed by atoms with Gasteiger partial charge in [0.2, 0.25) is 11.8 Å². The van der Waals surface area contributed by atoms with Crippen molar-refractivity contribution in [3.05, 3.63) is 88.0 Å². The number of nitro groups is 1. The summed E-state index contributed by atoms with van der Waals surface area (Å²) >= 11 is 0. The molecule has 3 amide bonds. The summed E-state index contributed by atoms with van der Waals surface area (Å²) in [5.74, 6) is -0.163. The van der Waals surface area contributed by atoms with E-state index in [-0.39, 0.29) is 54.6 Å². The van der Waals surface area contributed by atoms with Crippen molar-refractivity contribution in [3.8, 4) is 5.75 Å². The highest BCUT2D eigenvalue weighted by Crippen LogP contribution is 2.60. The summed E-state index contributed by atoms with van der Waals surface area (Å²) < 4.78 is 12.5. The molecule has 3 fully saturated rings. The fraction of sp³-hybridized carbons (Fsp3) is 0.447. The Kier molecular flexibility index (Phi) is 9.01. The third-order valence-electron chi connectivity index (χ3n) is 11.7. The first-order valence-corrected chi connectivity index (χ1v) is 20.7. The Bertz CT molecular complexity index is 1890. The van der Waals surface area contributed by atoms with E-state index in [1.165, 1.54) is 12.1 Å². The van der Waals surface area contributed by atoms with Gasteiger partial charge >= 0.3 is 0 Å². The number of nitro benzene ring substituents is 1. The van der Waals surface area contributed by atoms with E-state index in [0.29, 0.717) is 30.8 Å². The molecule has 51 heavy (non-hydrogen) atoms. The second-order valence-corrected chi connectivity index (χ2v) is 19.4. The van der Waals surface area contributed by atoms with Crippen molar-refractivity contribution in [2.45, 2.75) is 75.5 Å². The van der Waals surface area contributed by atoms with Crippen LogP contribution < -0.4 is 19.7 Å². The average Bonchev–Trinajstić information content (AvgIpc) is 3.78. The van der Waals surface area contributed by atoms with Crippen LogP contribution >= 0.6 is 0 Å². The summed E-state index contributed by atoms with van der Waals surface area (Å²) in [5.41, 5.74) is 0.528. The fourth-order valence-corrected chi connectivity index (χ4v) is 13.0. The lowest BCUT2D eigenvalue weighted by Gasteiger charge is -2.37. The smallest absolute Gasteiger partial charge is 0.269 e. The summed E-state index contributed by atoms with van der Waals surface area (Å²) in [6.07, 6.45) is 1.37. The topological polar surface area (TPSA) is 143 Å². The first-order valence-electron chi connectivity index (χ1n) is 17.6. The number of β-lactam (4-membered cyclic amide) rings is 1. The quantitative estimate of drug-likeness (QED) is 0.140. The Morgan fingerprint density at radius 1 is 1.10 bits per heavy atom. The molecule has 1 spiro atoms. The van der Waals surface area contributed by atoms with E-state index in [1.807, 2.05) is 55.5 Å². The number of anilines is 2. The van der Waals surface area contributed by atoms with Crippen LogP contribution in [0.1, 0.15) is 43.7 Å². The number of methoxy groups -OCH3 is 1. The predicted octanol–water partition coefficient (Wildman–Crippen LogP) is 4.48. The molecule has 7 rings (SSSR count). The molecule has 3 saturated heterocycles. The second kappa shape index (κ2) is 13.2. The van der Waals surface area contributed by atoms with Gasteiger partial charge in [-0.05, 0) is 54.3 Å². The van der Waals surface area contributed by atoms with Crippen molar-refractivity contribution in [2.75, 3.05) is 36.6 Å². The molecule has 3 aromatic carbocycles. The van der Waals surface area contributed by atoms with E-state index in [0.717, 1.165) is 35.0 Å². The molecule has 0 radical (unpaired) electrons. The molecule has 12 nitrogen and oxygen atoms in total. The van der Waals surface area contributed by atoms with Crippen molar-refractivity contribution < 1.29 is 33.9 Å². The molecule has 4 aliphatic heterocycles. The van der Waals surface area contributed by atoms with Gasteiger partial charge in [0.1, 0.15) is 5.75 Å². The molecule has 4 heterocycles. The summed E-state index contributed by atoms with van der Waals surface area (Å²) in [6.45, 7) is 7.65. The molecule has 13 heteroatoms. The molecule has 0 unspecified atom stereocenters. The maximum atomic E-state index is 15.1. The zero-order chi connectivity index (χ0) is 36.2. The first-order chi connectivity index (χ1) is 24.4. The highest BCUT2D eigenvalue weighted by molar-refractivity contribution is 6.91. The lowest BCUT2D eigenvalue weighted by molar-refractivity contribution is -0.385. The fourth-order valence-electron chi connectivity index (χ4n) is 9.01. The minimum Gasteiger partial charge on any atom is -0.497 e. The number of aliphatic hydroxyl groups excluding tert-OH is 1. The largest absolute Gasteiger partial charge is 0.497 e. The van der Waals surface area contributed by atoms with E-state index < -0.39 is 30.6 Å². The number of amides is 3. The number of carbonyl (C=O) groups is 3. The second-order valence-electron chi connectivity index (χ2n) is 14.7. The van der Waals surface area contributed by atoms with Crippen molar-refractivity contribution in [3.63, 3.8) is 0 Å². The number of carbonyl (C=O) groups excluding carboxylic acids is 3. The number of non-ortho nitro benzene ring substituents is 1. The molecule has 268 valence electrons. The molecule has 5 atom stereocenters. The molecule has 0 aromatic heterocycles. The molecule has 0 bridgehead atoms. The molecular weight excluding hydrogens is 669 g/mol. The van der Waals surface area contributed by atoms with Crippen molar-refractivity contribution in [1.29, 1.82) is 0 Å². The zero-order valence-corrected chi connectivity index (χ0v) is 30.4. The minimum absolute atomic E-state index is 0.0172. The SMILES string of the molecule is COc1ccc([Si](C)(C)[C@H]2[C@H](CC(=O)N3CCC[C@H]3CO)O[C@@]3(C(=O)N(Cc4cccc(N5CCC5=O)c4)c4ccc([N+](=O)[O-])cc43)[C@@H]2C)cc1. The van der Waals surface area contributed by atoms with Crippen molar-refractivity contribution in [2.24, 2.45) is 5.92 Å². The number of hydrogen-bond acceptors (Lipinski definition) is 8. The van der Waals surface area contributed by atoms with Crippen LogP contribution in [0.2, 0.25) is 18.6 Å². The minimum atomic E-state index is -2.58. The zero-order valence-electron chi connectivity index (χ0n) is 29.4. The van der Waals surface area contributed by atoms with Crippen LogP contribution in [0.25, 0.3) is 0 Å². The third-order valence-corrected chi connectivity index (χ3v) is 16.1. The maximum absolute atomic E-state index is 15.1. The highest BCUT2D eigenvalue weighted by atomic mass is 28.3. The van der Waals surface area contributed by atoms with Gasteiger partial charge < -0.3 is 29.3 Å². The molecule has 0 saturated carbocycles. The maximum Gasteiger partial charge on any atom is 0.269 e. The van der Waals surface area contributed by atoms with E-state index in [2.05, 4.69) is 13.1 Å². The van der Waals surface area contributed by atoms with Gasteiger partial charge in [0, 0.05) is 48.8 Å². The standard InChI is InChI=1S/C38H44N4O8Si/c1-24-36(51(3,4)30-13-11-29(49-2)12-14-30)33(21-35(45)39-17-6-9-28(39)23-43)50-38(24)31-20-27(42(47)48)10-15-32(31)41(37(38)46)22-25-7-5-8-26(19-25)40-18-16-34(40)44/h5,7-8,10-15,19-20,24,28,33,36,43H,6,9,16-18,21-23H2,1-4H3/t24-,28+,33+,36-,38+/m1/s1. The van der Waals surface area contributed by atoms with Crippen LogP contribution in [-0.4, -0.2) is 79.7 Å². The van der Waals surface area contributed by atoms with Gasteiger partial charge in [0.05, 0.1) is 57.5 Å². The van der Waals surface area contributed by atoms with Crippen molar-refractivity contribution >= 4 is 48.0 Å². The van der Waals surface area contributed by atoms with Crippen LogP contribution in [0.3, 0.4) is 0 Å². The average molecular weight is 713 g/mol. The predicted molar refractivity (Wildman–Crippen MR) is 194 cm³/mol. The van der Waals surface area contributed by atoms with Gasteiger partial charge in [0.15, 0.2) is 5.60 Å². The van der Waals surface area contributed by atoms with Gasteiger partial charge in [-0.2, -0.15) is 0 Å². The Morgan fingerprint density at radius 3 is 2.51 bits per heavy atom. The van der Waals surface area contributed by atoms with Crippen LogP contribution in [0, 0.1) is 16.0 Å². The number of rotatable bonds is 10. The summed E-state index contributed by atoms with van der Waals surface area (Å²) in [5, 5.41) is 23.3. The first kappa shape index (κ1) is 34.8. The van der Waals surface area contributed by atoms with Crippen LogP contribution in [0.15, 0.2) is 66.7 Å². The molecule has 0 aliphatic carbocycles. The van der Waals surface area contributed by atoms with E-state index in [4.69, 9.17) is 9.47 Å². The monoisotopic (exact) mass is 712 g/mol. The molecule has 1 N–H and O–H groups in total. The Morgan fingerprint density at radius 2 is 1.86 bits per heavy atom. The summed E-state index contributed by atoms with van der Waals surface area (Å²) in [6, 6.07) is 19.7. The Balaban J connectivity index is 1.32. The van der Waals surface area contributed by atoms with E-state index >= 15 is 4.79 Å². The molecule has 3 aromatic rings. The number of aliphatic hydroxyl groups is 1. The number of nitrogens with zero attached hydrogens (tertiary/aromatic N) is 4. The lowest BCUT2D eigenvalue weighted by Crippen LogP contribution is -2.52. The normalized spacial score (nSPS) is 25.8. The highest BCUT2D eigenvalue weighted by Gasteiger charge is 2.67. The molecular formula is C38H44N4O8Si. The van der Waals surface area contributed by atoms with Gasteiger partial charge in [-0.1, -0.05) is 49.5 Å². The van der Waals surface area contributed by atoms with E-state index in [1.54, 1.807) is 27.9 Å². The number of benzene rings is 3. The summed E-state index contributed by atoms with van der Waals surface area (Å²) in [4.78, 5) is 58.1. The number of ether oxygens (including phenoxy) is 2.